The molecule has 2 aromatic carbocycles. The number of hydrogen-bond donors (Lipinski definition) is 2. The maximum absolute atomic E-state index is 10.7. The van der Waals surface area contributed by atoms with E-state index in [9.17, 15) is 4.79 Å². The van der Waals surface area contributed by atoms with E-state index in [0.29, 0.717) is 11.6 Å². The van der Waals surface area contributed by atoms with Crippen LogP contribution in [0, 0.1) is 0 Å². The van der Waals surface area contributed by atoms with Gasteiger partial charge in [-0.2, -0.15) is 0 Å². The Hall–Kier alpha value is -1.52. The van der Waals surface area contributed by atoms with Crippen LogP contribution in [0.15, 0.2) is 46.9 Å². The Morgan fingerprint density at radius 3 is 2.53 bits per heavy atom. The molecule has 0 amide bonds. The quantitative estimate of drug-likeness (QED) is 0.866. The molecule has 0 spiro atoms. The Bertz CT molecular complexity index is 599. The van der Waals surface area contributed by atoms with Gasteiger partial charge in [-0.3, -0.25) is 0 Å². The Balaban J connectivity index is 2.06. The zero-order valence-corrected chi connectivity index (χ0v) is 12.2. The lowest BCUT2D eigenvalue weighted by atomic mass is 10.1. The van der Waals surface area contributed by atoms with Crippen LogP contribution >= 0.6 is 27.5 Å². The van der Waals surface area contributed by atoms with Gasteiger partial charge in [-0.25, -0.2) is 4.79 Å². The van der Waals surface area contributed by atoms with Crippen LogP contribution in [-0.2, 0) is 6.54 Å². The number of carboxylic acids is 1. The largest absolute Gasteiger partial charge is 0.478 e. The third-order valence-electron chi connectivity index (χ3n) is 2.64. The Morgan fingerprint density at radius 1 is 1.21 bits per heavy atom. The van der Waals surface area contributed by atoms with Gasteiger partial charge >= 0.3 is 5.97 Å². The predicted octanol–water partition coefficient (Wildman–Crippen LogP) is 4.41. The Labute approximate surface area is 124 Å². The molecule has 98 valence electrons. The number of carbonyl (C=O) groups is 1. The van der Waals surface area contributed by atoms with Crippen LogP contribution in [-0.4, -0.2) is 11.1 Å². The van der Waals surface area contributed by atoms with Crippen molar-refractivity contribution in [2.75, 3.05) is 5.32 Å². The van der Waals surface area contributed by atoms with Crippen molar-refractivity contribution in [2.45, 2.75) is 6.54 Å². The fourth-order valence-electron chi connectivity index (χ4n) is 1.60. The maximum Gasteiger partial charge on any atom is 0.335 e. The standard InChI is InChI=1S/C14H11BrClNO2/c15-13-11(16)2-1-3-12(13)17-8-9-4-6-10(7-5-9)14(18)19/h1-7,17H,8H2,(H,18,19). The van der Waals surface area contributed by atoms with Crippen molar-refractivity contribution < 1.29 is 9.90 Å². The van der Waals surface area contributed by atoms with Crippen LogP contribution in [0.5, 0.6) is 0 Å². The molecular weight excluding hydrogens is 330 g/mol. The van der Waals surface area contributed by atoms with Crippen molar-refractivity contribution in [2.24, 2.45) is 0 Å². The van der Waals surface area contributed by atoms with Gasteiger partial charge in [0.2, 0.25) is 0 Å². The van der Waals surface area contributed by atoms with E-state index in [1.165, 1.54) is 0 Å². The summed E-state index contributed by atoms with van der Waals surface area (Å²) in [5.74, 6) is -0.919. The van der Waals surface area contributed by atoms with Crippen LogP contribution in [0.4, 0.5) is 5.69 Å². The molecule has 0 heterocycles. The SMILES string of the molecule is O=C(O)c1ccc(CNc2cccc(Cl)c2Br)cc1. The van der Waals surface area contributed by atoms with Gasteiger partial charge in [0.1, 0.15) is 0 Å². The van der Waals surface area contributed by atoms with Gasteiger partial charge in [0, 0.05) is 6.54 Å². The lowest BCUT2D eigenvalue weighted by Crippen LogP contribution is -2.01. The second-order valence-corrected chi connectivity index (χ2v) is 5.16. The summed E-state index contributed by atoms with van der Waals surface area (Å²) in [4.78, 5) is 10.7. The molecule has 0 saturated carbocycles. The highest BCUT2D eigenvalue weighted by molar-refractivity contribution is 9.10. The van der Waals surface area contributed by atoms with E-state index in [-0.39, 0.29) is 5.56 Å². The molecule has 0 radical (unpaired) electrons. The van der Waals surface area contributed by atoms with Gasteiger partial charge in [0.25, 0.3) is 0 Å². The molecule has 2 N–H and O–H groups in total. The van der Waals surface area contributed by atoms with E-state index in [1.54, 1.807) is 30.3 Å². The van der Waals surface area contributed by atoms with E-state index in [0.717, 1.165) is 15.7 Å². The minimum Gasteiger partial charge on any atom is -0.478 e. The molecule has 0 aliphatic carbocycles. The van der Waals surface area contributed by atoms with Crippen molar-refractivity contribution in [3.8, 4) is 0 Å². The monoisotopic (exact) mass is 339 g/mol. The van der Waals surface area contributed by atoms with Crippen molar-refractivity contribution in [3.63, 3.8) is 0 Å². The van der Waals surface area contributed by atoms with Crippen molar-refractivity contribution in [1.82, 2.24) is 0 Å². The summed E-state index contributed by atoms with van der Waals surface area (Å²) in [5.41, 5.74) is 2.18. The molecule has 0 unspecified atom stereocenters. The molecule has 19 heavy (non-hydrogen) atoms. The average Bonchev–Trinajstić information content (AvgIpc) is 2.41. The van der Waals surface area contributed by atoms with E-state index >= 15 is 0 Å². The predicted molar refractivity (Wildman–Crippen MR) is 79.9 cm³/mol. The molecule has 5 heteroatoms. The first-order valence-electron chi connectivity index (χ1n) is 5.58. The molecule has 0 aromatic heterocycles. The molecule has 0 aliphatic heterocycles. The molecule has 0 saturated heterocycles. The second-order valence-electron chi connectivity index (χ2n) is 3.96. The number of halogens is 2. The Kier molecular flexibility index (Phi) is 4.45. The number of aromatic carboxylic acids is 1. The highest BCUT2D eigenvalue weighted by atomic mass is 79.9. The van der Waals surface area contributed by atoms with Crippen molar-refractivity contribution in [1.29, 1.82) is 0 Å². The summed E-state index contributed by atoms with van der Waals surface area (Å²) in [6.45, 7) is 0.596. The van der Waals surface area contributed by atoms with E-state index in [2.05, 4.69) is 21.2 Å². The van der Waals surface area contributed by atoms with E-state index in [4.69, 9.17) is 16.7 Å². The Morgan fingerprint density at radius 2 is 1.89 bits per heavy atom. The third-order valence-corrected chi connectivity index (χ3v) is 4.03. The zero-order valence-electron chi connectivity index (χ0n) is 9.86. The first-order valence-corrected chi connectivity index (χ1v) is 6.75. The number of benzene rings is 2. The summed E-state index contributed by atoms with van der Waals surface area (Å²) >= 11 is 9.41. The number of rotatable bonds is 4. The highest BCUT2D eigenvalue weighted by Crippen LogP contribution is 2.30. The molecule has 3 nitrogen and oxygen atoms in total. The fourth-order valence-corrected chi connectivity index (χ4v) is 2.18. The van der Waals surface area contributed by atoms with Crippen molar-refractivity contribution in [3.05, 3.63) is 63.1 Å². The van der Waals surface area contributed by atoms with Gasteiger partial charge in [-0.05, 0) is 45.8 Å². The zero-order chi connectivity index (χ0) is 13.8. The van der Waals surface area contributed by atoms with E-state index in [1.807, 2.05) is 12.1 Å². The summed E-state index contributed by atoms with van der Waals surface area (Å²) in [5, 5.41) is 12.7. The van der Waals surface area contributed by atoms with Crippen LogP contribution in [0.25, 0.3) is 0 Å². The molecule has 0 atom stereocenters. The van der Waals surface area contributed by atoms with Gasteiger partial charge in [-0.15, -0.1) is 0 Å². The second kappa shape index (κ2) is 6.08. The smallest absolute Gasteiger partial charge is 0.335 e. The summed E-state index contributed by atoms with van der Waals surface area (Å²) < 4.78 is 0.818. The van der Waals surface area contributed by atoms with Crippen LogP contribution in [0.3, 0.4) is 0 Å². The topological polar surface area (TPSA) is 49.3 Å². The fraction of sp³-hybridized carbons (Fsp3) is 0.0714. The number of carboxylic acid groups (broad SMARTS) is 1. The number of hydrogen-bond acceptors (Lipinski definition) is 2. The van der Waals surface area contributed by atoms with Gasteiger partial charge in [0.15, 0.2) is 0 Å². The summed E-state index contributed by atoms with van der Waals surface area (Å²) in [7, 11) is 0. The van der Waals surface area contributed by atoms with E-state index < -0.39 is 5.97 Å². The van der Waals surface area contributed by atoms with Gasteiger partial charge in [-0.1, -0.05) is 29.8 Å². The minimum atomic E-state index is -0.919. The highest BCUT2D eigenvalue weighted by Gasteiger charge is 2.04. The molecule has 2 rings (SSSR count). The normalized spacial score (nSPS) is 10.2. The van der Waals surface area contributed by atoms with Crippen LogP contribution < -0.4 is 5.32 Å². The van der Waals surface area contributed by atoms with Gasteiger partial charge < -0.3 is 10.4 Å². The summed E-state index contributed by atoms with van der Waals surface area (Å²) in [6.07, 6.45) is 0. The molecule has 0 aliphatic rings. The van der Waals surface area contributed by atoms with Crippen molar-refractivity contribution >= 4 is 39.2 Å². The number of anilines is 1. The number of nitrogens with one attached hydrogen (secondary N) is 1. The first-order chi connectivity index (χ1) is 9.08. The maximum atomic E-state index is 10.7. The molecule has 0 bridgehead atoms. The minimum absolute atomic E-state index is 0.285. The lowest BCUT2D eigenvalue weighted by Gasteiger charge is -2.09. The molecule has 0 fully saturated rings. The molecular formula is C14H11BrClNO2. The van der Waals surface area contributed by atoms with Crippen LogP contribution in [0.1, 0.15) is 15.9 Å². The summed E-state index contributed by atoms with van der Waals surface area (Å²) in [6, 6.07) is 12.3. The van der Waals surface area contributed by atoms with Gasteiger partial charge in [0.05, 0.1) is 20.7 Å². The average molecular weight is 341 g/mol. The third kappa shape index (κ3) is 3.49. The first kappa shape index (κ1) is 13.9. The van der Waals surface area contributed by atoms with Crippen LogP contribution in [0.2, 0.25) is 5.02 Å². The molecule has 2 aromatic rings. The lowest BCUT2D eigenvalue weighted by molar-refractivity contribution is 0.0697.